The lowest BCUT2D eigenvalue weighted by molar-refractivity contribution is -0.139. The lowest BCUT2D eigenvalue weighted by Crippen LogP contribution is -2.59. The first-order chi connectivity index (χ1) is 13.4. The fraction of sp³-hybridized carbons (Fsp3) is 0.619. The summed E-state index contributed by atoms with van der Waals surface area (Å²) in [6.45, 7) is 7.85. The minimum atomic E-state index is -0.807. The minimum absolute atomic E-state index is 0.0234. The largest absolute Gasteiger partial charge is 0.480 e. The maximum atomic E-state index is 12.8. The molecule has 3 rings (SSSR count). The van der Waals surface area contributed by atoms with Crippen LogP contribution in [0, 0.1) is 6.92 Å². The van der Waals surface area contributed by atoms with Crippen molar-refractivity contribution in [1.29, 1.82) is 0 Å². The van der Waals surface area contributed by atoms with Crippen LogP contribution in [0.5, 0.6) is 0 Å². The first-order valence-corrected chi connectivity index (χ1v) is 10.1. The molecule has 2 fully saturated rings. The molecule has 1 heterocycles. The van der Waals surface area contributed by atoms with Gasteiger partial charge in [0, 0.05) is 12.1 Å². The van der Waals surface area contributed by atoms with Crippen LogP contribution in [0.3, 0.4) is 0 Å². The molecule has 2 amide bonds. The van der Waals surface area contributed by atoms with E-state index in [1.807, 2.05) is 35.8 Å². The third kappa shape index (κ3) is 4.64. The summed E-state index contributed by atoms with van der Waals surface area (Å²) in [5.41, 5.74) is 2.30. The number of carbonyl (C=O) groups is 2. The highest BCUT2D eigenvalue weighted by Crippen LogP contribution is 2.29. The van der Waals surface area contributed by atoms with Crippen molar-refractivity contribution in [3.63, 3.8) is 0 Å². The van der Waals surface area contributed by atoms with Crippen LogP contribution in [0.15, 0.2) is 24.3 Å². The van der Waals surface area contributed by atoms with Gasteiger partial charge in [0.2, 0.25) is 0 Å². The van der Waals surface area contributed by atoms with E-state index in [9.17, 15) is 9.59 Å². The summed E-state index contributed by atoms with van der Waals surface area (Å²) in [5.74, 6) is -0.807. The number of aryl methyl sites for hydroxylation is 1. The van der Waals surface area contributed by atoms with Crippen LogP contribution in [-0.4, -0.2) is 71.3 Å². The van der Waals surface area contributed by atoms with Crippen molar-refractivity contribution in [2.24, 2.45) is 0 Å². The number of hydrogen-bond donors (Lipinski definition) is 2. The average Bonchev–Trinajstić information content (AvgIpc) is 2.63. The number of carbonyl (C=O) groups excluding carboxylic acids is 1. The number of benzene rings is 1. The van der Waals surface area contributed by atoms with Crippen molar-refractivity contribution >= 4 is 12.0 Å². The molecule has 7 heteroatoms. The number of nitrogens with one attached hydrogen (secondary N) is 1. The molecule has 0 bridgehead atoms. The van der Waals surface area contributed by atoms with Crippen LogP contribution in [0.4, 0.5) is 4.79 Å². The first-order valence-electron chi connectivity index (χ1n) is 10.1. The molecule has 7 nitrogen and oxygen atoms in total. The Morgan fingerprint density at radius 3 is 2.68 bits per heavy atom. The van der Waals surface area contributed by atoms with Gasteiger partial charge in [0.15, 0.2) is 0 Å². The molecule has 28 heavy (non-hydrogen) atoms. The topological polar surface area (TPSA) is 82.1 Å². The Balaban J connectivity index is 1.54. The summed E-state index contributed by atoms with van der Waals surface area (Å²) in [6.07, 6.45) is 1.49. The van der Waals surface area contributed by atoms with Crippen molar-refractivity contribution in [1.82, 2.24) is 15.1 Å². The zero-order valence-corrected chi connectivity index (χ0v) is 16.9. The highest BCUT2D eigenvalue weighted by molar-refractivity contribution is 5.75. The van der Waals surface area contributed by atoms with Crippen LogP contribution in [0.1, 0.15) is 43.9 Å². The Bertz CT molecular complexity index is 705. The number of urea groups is 1. The summed E-state index contributed by atoms with van der Waals surface area (Å²) in [6, 6.07) is 8.43. The van der Waals surface area contributed by atoms with Gasteiger partial charge in [0.1, 0.15) is 6.10 Å². The van der Waals surface area contributed by atoms with Gasteiger partial charge in [-0.3, -0.25) is 9.69 Å². The van der Waals surface area contributed by atoms with Gasteiger partial charge < -0.3 is 20.1 Å². The zero-order valence-electron chi connectivity index (χ0n) is 16.9. The highest BCUT2D eigenvalue weighted by atomic mass is 16.5. The van der Waals surface area contributed by atoms with E-state index in [-0.39, 0.29) is 36.8 Å². The molecular formula is C21H31N3O4. The number of ether oxygens (including phenoxy) is 1. The number of carboxylic acid groups (broad SMARTS) is 1. The molecule has 0 aromatic heterocycles. The number of amides is 2. The van der Waals surface area contributed by atoms with Crippen molar-refractivity contribution in [2.75, 3.05) is 26.2 Å². The predicted octanol–water partition coefficient (Wildman–Crippen LogP) is 2.40. The Hall–Kier alpha value is -2.12. The van der Waals surface area contributed by atoms with E-state index < -0.39 is 5.97 Å². The predicted molar refractivity (Wildman–Crippen MR) is 106 cm³/mol. The highest BCUT2D eigenvalue weighted by Gasteiger charge is 2.37. The van der Waals surface area contributed by atoms with Crippen molar-refractivity contribution in [3.8, 4) is 0 Å². The second-order valence-corrected chi connectivity index (χ2v) is 7.91. The SMILES string of the molecule is CCN(CC(=O)O)C1CC(NC(=O)N2CC(c3ccccc3C)OCC2C)C1. The molecule has 0 spiro atoms. The van der Waals surface area contributed by atoms with Crippen molar-refractivity contribution < 1.29 is 19.4 Å². The summed E-state index contributed by atoms with van der Waals surface area (Å²) in [5, 5.41) is 12.1. The number of nitrogens with zero attached hydrogens (tertiary/aromatic N) is 2. The van der Waals surface area contributed by atoms with E-state index in [1.54, 1.807) is 0 Å². The van der Waals surface area contributed by atoms with E-state index in [2.05, 4.69) is 24.4 Å². The summed E-state index contributed by atoms with van der Waals surface area (Å²) >= 11 is 0. The minimum Gasteiger partial charge on any atom is -0.480 e. The third-order valence-electron chi connectivity index (χ3n) is 5.93. The number of likely N-dealkylation sites (N-methyl/N-ethyl adjacent to an activating group) is 1. The molecule has 1 saturated heterocycles. The summed E-state index contributed by atoms with van der Waals surface area (Å²) in [4.78, 5) is 27.6. The third-order valence-corrected chi connectivity index (χ3v) is 5.93. The molecule has 1 aliphatic carbocycles. The van der Waals surface area contributed by atoms with Crippen LogP contribution in [0.25, 0.3) is 0 Å². The molecule has 1 aromatic carbocycles. The average molecular weight is 389 g/mol. The van der Waals surface area contributed by atoms with Gasteiger partial charge in [-0.15, -0.1) is 0 Å². The zero-order chi connectivity index (χ0) is 20.3. The van der Waals surface area contributed by atoms with Crippen LogP contribution in [-0.2, 0) is 9.53 Å². The number of carboxylic acids is 1. The van der Waals surface area contributed by atoms with Gasteiger partial charge in [0.25, 0.3) is 0 Å². The van der Waals surface area contributed by atoms with Crippen molar-refractivity contribution in [2.45, 2.75) is 57.8 Å². The molecule has 2 unspecified atom stereocenters. The standard InChI is InChI=1S/C21H31N3O4/c1-4-23(12-20(25)26)17-9-16(10-17)22-21(27)24-11-19(28-13-15(24)3)18-8-6-5-7-14(18)2/h5-8,15-17,19H,4,9-13H2,1-3H3,(H,22,27)(H,25,26). The van der Waals surface area contributed by atoms with Gasteiger partial charge in [-0.1, -0.05) is 31.2 Å². The van der Waals surface area contributed by atoms with E-state index in [0.717, 1.165) is 18.4 Å². The molecular weight excluding hydrogens is 358 g/mol. The fourth-order valence-corrected chi connectivity index (χ4v) is 4.11. The summed E-state index contributed by atoms with van der Waals surface area (Å²) in [7, 11) is 0. The number of morpholine rings is 1. The molecule has 154 valence electrons. The van der Waals surface area contributed by atoms with Gasteiger partial charge in [-0.25, -0.2) is 4.79 Å². The number of aliphatic carboxylic acids is 1. The maximum absolute atomic E-state index is 12.8. The molecule has 1 aliphatic heterocycles. The Labute approximate surface area is 166 Å². The van der Waals surface area contributed by atoms with Gasteiger partial charge >= 0.3 is 12.0 Å². The molecule has 0 radical (unpaired) electrons. The second kappa shape index (κ2) is 8.92. The number of rotatable bonds is 6. The lowest BCUT2D eigenvalue weighted by Gasteiger charge is -2.44. The van der Waals surface area contributed by atoms with E-state index in [0.29, 0.717) is 19.7 Å². The Morgan fingerprint density at radius 1 is 1.32 bits per heavy atom. The first kappa shape index (κ1) is 20.6. The van der Waals surface area contributed by atoms with Crippen LogP contribution >= 0.6 is 0 Å². The quantitative estimate of drug-likeness (QED) is 0.781. The van der Waals surface area contributed by atoms with Crippen molar-refractivity contribution in [3.05, 3.63) is 35.4 Å². The molecule has 2 atom stereocenters. The smallest absolute Gasteiger partial charge is 0.318 e. The van der Waals surface area contributed by atoms with E-state index in [1.165, 1.54) is 5.56 Å². The monoisotopic (exact) mass is 389 g/mol. The molecule has 2 aliphatic rings. The lowest BCUT2D eigenvalue weighted by atomic mass is 9.85. The molecule has 2 N–H and O–H groups in total. The Kier molecular flexibility index (Phi) is 6.57. The van der Waals surface area contributed by atoms with E-state index in [4.69, 9.17) is 9.84 Å². The van der Waals surface area contributed by atoms with Crippen LogP contribution < -0.4 is 5.32 Å². The van der Waals surface area contributed by atoms with E-state index >= 15 is 0 Å². The van der Waals surface area contributed by atoms with Gasteiger partial charge in [-0.2, -0.15) is 0 Å². The maximum Gasteiger partial charge on any atom is 0.318 e. The van der Waals surface area contributed by atoms with Gasteiger partial charge in [-0.05, 0) is 44.4 Å². The molecule has 1 aromatic rings. The van der Waals surface area contributed by atoms with Gasteiger partial charge in [0.05, 0.1) is 25.7 Å². The fourth-order valence-electron chi connectivity index (χ4n) is 4.11. The Morgan fingerprint density at radius 2 is 2.04 bits per heavy atom. The molecule has 1 saturated carbocycles. The number of hydrogen-bond acceptors (Lipinski definition) is 4. The second-order valence-electron chi connectivity index (χ2n) is 7.91. The summed E-state index contributed by atoms with van der Waals surface area (Å²) < 4.78 is 6.00. The normalized spacial score (nSPS) is 27.4. The van der Waals surface area contributed by atoms with Crippen LogP contribution in [0.2, 0.25) is 0 Å².